The second-order valence-electron chi connectivity index (χ2n) is 3.77. The fourth-order valence-corrected chi connectivity index (χ4v) is 1.64. The maximum Gasteiger partial charge on any atom is 0.251 e. The highest BCUT2D eigenvalue weighted by Gasteiger charge is 2.11. The van der Waals surface area contributed by atoms with E-state index in [-0.39, 0.29) is 11.9 Å². The molecule has 0 spiro atoms. The van der Waals surface area contributed by atoms with Crippen LogP contribution in [0.1, 0.15) is 35.7 Å². The Bertz CT molecular complexity index is 426. The van der Waals surface area contributed by atoms with Gasteiger partial charge in [-0.15, -0.1) is 11.6 Å². The van der Waals surface area contributed by atoms with Gasteiger partial charge in [0.25, 0.3) is 5.91 Å². The van der Waals surface area contributed by atoms with E-state index in [0.717, 1.165) is 12.0 Å². The summed E-state index contributed by atoms with van der Waals surface area (Å²) in [4.78, 5) is 11.9. The Morgan fingerprint density at radius 2 is 2.35 bits per heavy atom. The van der Waals surface area contributed by atoms with E-state index in [1.807, 2.05) is 13.0 Å². The SMILES string of the molecule is CCC(CC#N)NC(=O)c1cccc(CCl)c1. The van der Waals surface area contributed by atoms with Crippen molar-refractivity contribution in [2.75, 3.05) is 0 Å². The molecule has 1 rings (SSSR count). The van der Waals surface area contributed by atoms with Crippen molar-refractivity contribution >= 4 is 17.5 Å². The fraction of sp³-hybridized carbons (Fsp3) is 0.385. The molecule has 0 aliphatic heterocycles. The zero-order valence-electron chi connectivity index (χ0n) is 9.74. The van der Waals surface area contributed by atoms with Crippen LogP contribution in [-0.4, -0.2) is 11.9 Å². The normalized spacial score (nSPS) is 11.6. The van der Waals surface area contributed by atoms with Gasteiger partial charge in [-0.1, -0.05) is 19.1 Å². The number of benzene rings is 1. The Hall–Kier alpha value is -1.53. The maximum atomic E-state index is 11.9. The van der Waals surface area contributed by atoms with Crippen LogP contribution in [0.3, 0.4) is 0 Å². The van der Waals surface area contributed by atoms with E-state index in [9.17, 15) is 4.79 Å². The summed E-state index contributed by atoms with van der Waals surface area (Å²) in [6.45, 7) is 1.94. The van der Waals surface area contributed by atoms with E-state index < -0.39 is 0 Å². The number of halogens is 1. The van der Waals surface area contributed by atoms with Crippen LogP contribution >= 0.6 is 11.6 Å². The molecule has 1 atom stereocenters. The minimum atomic E-state index is -0.154. The third-order valence-electron chi connectivity index (χ3n) is 2.51. The van der Waals surface area contributed by atoms with Gasteiger partial charge in [-0.2, -0.15) is 5.26 Å². The standard InChI is InChI=1S/C13H15ClN2O/c1-2-12(6-7-15)16-13(17)11-5-3-4-10(8-11)9-14/h3-5,8,12H,2,6,9H2,1H3,(H,16,17). The van der Waals surface area contributed by atoms with Gasteiger partial charge in [0, 0.05) is 17.5 Å². The van der Waals surface area contributed by atoms with Gasteiger partial charge in [0.05, 0.1) is 12.5 Å². The number of rotatable bonds is 5. The van der Waals surface area contributed by atoms with Gasteiger partial charge in [-0.3, -0.25) is 4.79 Å². The summed E-state index contributed by atoms with van der Waals surface area (Å²) in [6, 6.07) is 9.15. The smallest absolute Gasteiger partial charge is 0.251 e. The topological polar surface area (TPSA) is 52.9 Å². The second kappa shape index (κ2) is 6.93. The van der Waals surface area contributed by atoms with Crippen molar-refractivity contribution in [1.82, 2.24) is 5.32 Å². The van der Waals surface area contributed by atoms with Gasteiger partial charge in [-0.05, 0) is 24.1 Å². The zero-order valence-corrected chi connectivity index (χ0v) is 10.5. The number of amides is 1. The highest BCUT2D eigenvalue weighted by molar-refractivity contribution is 6.17. The van der Waals surface area contributed by atoms with E-state index in [4.69, 9.17) is 16.9 Å². The lowest BCUT2D eigenvalue weighted by atomic mass is 10.1. The molecule has 0 aliphatic rings. The lowest BCUT2D eigenvalue weighted by molar-refractivity contribution is 0.0936. The van der Waals surface area contributed by atoms with Gasteiger partial charge < -0.3 is 5.32 Å². The van der Waals surface area contributed by atoms with Crippen LogP contribution in [0.15, 0.2) is 24.3 Å². The molecule has 0 bridgehead atoms. The van der Waals surface area contributed by atoms with Crippen LogP contribution in [0.4, 0.5) is 0 Å². The molecule has 4 heteroatoms. The van der Waals surface area contributed by atoms with Gasteiger partial charge in [-0.25, -0.2) is 0 Å². The molecule has 0 radical (unpaired) electrons. The van der Waals surface area contributed by atoms with E-state index in [1.165, 1.54) is 0 Å². The second-order valence-corrected chi connectivity index (χ2v) is 4.04. The van der Waals surface area contributed by atoms with Crippen LogP contribution in [0.2, 0.25) is 0 Å². The van der Waals surface area contributed by atoms with Crippen LogP contribution in [0, 0.1) is 11.3 Å². The molecule has 1 N–H and O–H groups in total. The molecule has 1 aromatic rings. The monoisotopic (exact) mass is 250 g/mol. The number of carbonyl (C=O) groups is 1. The predicted molar refractivity (Wildman–Crippen MR) is 67.8 cm³/mol. The number of carbonyl (C=O) groups excluding carboxylic acids is 1. The summed E-state index contributed by atoms with van der Waals surface area (Å²) in [6.07, 6.45) is 1.08. The molecule has 90 valence electrons. The van der Waals surface area contributed by atoms with Crippen molar-refractivity contribution in [1.29, 1.82) is 5.26 Å². The number of hydrogen-bond acceptors (Lipinski definition) is 2. The Balaban J connectivity index is 2.72. The van der Waals surface area contributed by atoms with Gasteiger partial charge >= 0.3 is 0 Å². The van der Waals surface area contributed by atoms with Crippen LogP contribution in [0.25, 0.3) is 0 Å². The summed E-state index contributed by atoms with van der Waals surface area (Å²) >= 11 is 5.71. The van der Waals surface area contributed by atoms with Gasteiger partial charge in [0.15, 0.2) is 0 Å². The molecule has 1 unspecified atom stereocenters. The molecule has 1 aromatic carbocycles. The predicted octanol–water partition coefficient (Wildman–Crippen LogP) is 2.85. The lowest BCUT2D eigenvalue weighted by Crippen LogP contribution is -2.34. The van der Waals surface area contributed by atoms with Gasteiger partial charge in [0.2, 0.25) is 0 Å². The van der Waals surface area contributed by atoms with E-state index in [1.54, 1.807) is 18.2 Å². The third kappa shape index (κ3) is 4.08. The van der Waals surface area contributed by atoms with Crippen LogP contribution < -0.4 is 5.32 Å². The minimum Gasteiger partial charge on any atom is -0.348 e. The van der Waals surface area contributed by atoms with Crippen molar-refractivity contribution < 1.29 is 4.79 Å². The summed E-state index contributed by atoms with van der Waals surface area (Å²) in [5.74, 6) is 0.232. The summed E-state index contributed by atoms with van der Waals surface area (Å²) in [5.41, 5.74) is 1.49. The Morgan fingerprint density at radius 3 is 2.94 bits per heavy atom. The summed E-state index contributed by atoms with van der Waals surface area (Å²) in [5, 5.41) is 11.4. The quantitative estimate of drug-likeness (QED) is 0.817. The molecule has 1 amide bonds. The van der Waals surface area contributed by atoms with E-state index in [0.29, 0.717) is 17.9 Å². The van der Waals surface area contributed by atoms with Gasteiger partial charge in [0.1, 0.15) is 0 Å². The van der Waals surface area contributed by atoms with Crippen molar-refractivity contribution in [3.63, 3.8) is 0 Å². The third-order valence-corrected chi connectivity index (χ3v) is 2.82. The first-order valence-electron chi connectivity index (χ1n) is 5.54. The minimum absolute atomic E-state index is 0.0906. The maximum absolute atomic E-state index is 11.9. The van der Waals surface area contributed by atoms with E-state index >= 15 is 0 Å². The largest absolute Gasteiger partial charge is 0.348 e. The Kier molecular flexibility index (Phi) is 5.51. The molecular formula is C13H15ClN2O. The molecule has 0 fully saturated rings. The van der Waals surface area contributed by atoms with Crippen LogP contribution in [-0.2, 0) is 5.88 Å². The zero-order chi connectivity index (χ0) is 12.7. The molecular weight excluding hydrogens is 236 g/mol. The molecule has 0 aliphatic carbocycles. The average molecular weight is 251 g/mol. The first-order valence-corrected chi connectivity index (χ1v) is 6.07. The molecule has 3 nitrogen and oxygen atoms in total. The van der Waals surface area contributed by atoms with Crippen molar-refractivity contribution in [2.45, 2.75) is 31.7 Å². The van der Waals surface area contributed by atoms with E-state index in [2.05, 4.69) is 11.4 Å². The number of alkyl halides is 1. The Morgan fingerprint density at radius 1 is 1.59 bits per heavy atom. The molecule has 0 aromatic heterocycles. The highest BCUT2D eigenvalue weighted by atomic mass is 35.5. The van der Waals surface area contributed by atoms with Crippen molar-refractivity contribution in [3.8, 4) is 6.07 Å². The molecule has 17 heavy (non-hydrogen) atoms. The fourth-order valence-electron chi connectivity index (χ4n) is 1.47. The van der Waals surface area contributed by atoms with Crippen molar-refractivity contribution in [2.24, 2.45) is 0 Å². The highest BCUT2D eigenvalue weighted by Crippen LogP contribution is 2.08. The van der Waals surface area contributed by atoms with Crippen LogP contribution in [0.5, 0.6) is 0 Å². The number of nitriles is 1. The molecule has 0 saturated carbocycles. The Labute approximate surface area is 106 Å². The molecule has 0 saturated heterocycles. The molecule has 0 heterocycles. The first-order chi connectivity index (χ1) is 8.21. The number of nitrogens with one attached hydrogen (secondary N) is 1. The number of hydrogen-bond donors (Lipinski definition) is 1. The first kappa shape index (κ1) is 13.5. The lowest BCUT2D eigenvalue weighted by Gasteiger charge is -2.13. The summed E-state index contributed by atoms with van der Waals surface area (Å²) in [7, 11) is 0. The van der Waals surface area contributed by atoms with Crippen molar-refractivity contribution in [3.05, 3.63) is 35.4 Å². The summed E-state index contributed by atoms with van der Waals surface area (Å²) < 4.78 is 0. The number of nitrogens with zero attached hydrogens (tertiary/aromatic N) is 1. The average Bonchev–Trinajstić information content (AvgIpc) is 2.38.